The monoisotopic (exact) mass is 501 g/mol. The molecule has 1 saturated heterocycles. The van der Waals surface area contributed by atoms with Crippen molar-refractivity contribution in [2.45, 2.75) is 64.6 Å². The predicted molar refractivity (Wildman–Crippen MR) is 142 cm³/mol. The minimum Gasteiger partial charge on any atom is -0.508 e. The number of phenols is 2. The summed E-state index contributed by atoms with van der Waals surface area (Å²) in [6.45, 7) is 12.3. The first kappa shape index (κ1) is 27.3. The molecule has 0 spiro atoms. The minimum absolute atomic E-state index is 0. The van der Waals surface area contributed by atoms with Crippen molar-refractivity contribution in [3.63, 3.8) is 0 Å². The van der Waals surface area contributed by atoms with E-state index >= 15 is 0 Å². The van der Waals surface area contributed by atoms with E-state index in [0.29, 0.717) is 30.6 Å². The lowest BCUT2D eigenvalue weighted by Crippen LogP contribution is -2.56. The number of rotatable bonds is 6. The smallest absolute Gasteiger partial charge is 0.237 e. The standard InChI is InChI=1S/C28H39N3O3.ClH/c1-18(2)26(30-27(34)25-13-20-8-9-24(33)12-21(20)15-29-25)17-31-11-10-28(4,19(3)16-31)22-6-5-7-23(32)14-22;/h5-9,12,14,18-19,25-26,29,32-33H,10-11,13,15-17H2,1-4H3,(H,30,34);1H/t19?,25?,26?,28-;/m1./s1. The Labute approximate surface area is 215 Å². The van der Waals surface area contributed by atoms with Crippen LogP contribution in [-0.2, 0) is 23.2 Å². The van der Waals surface area contributed by atoms with Gasteiger partial charge in [-0.1, -0.05) is 45.9 Å². The molecule has 0 radical (unpaired) electrons. The van der Waals surface area contributed by atoms with Gasteiger partial charge in [0.1, 0.15) is 11.5 Å². The minimum atomic E-state index is -0.257. The van der Waals surface area contributed by atoms with Crippen molar-refractivity contribution in [1.29, 1.82) is 0 Å². The highest BCUT2D eigenvalue weighted by Gasteiger charge is 2.39. The van der Waals surface area contributed by atoms with Crippen LogP contribution in [0.3, 0.4) is 0 Å². The first-order chi connectivity index (χ1) is 16.2. The highest BCUT2D eigenvalue weighted by molar-refractivity contribution is 5.85. The third-order valence-electron chi connectivity index (χ3n) is 8.13. The fourth-order valence-corrected chi connectivity index (χ4v) is 5.44. The van der Waals surface area contributed by atoms with Crippen LogP contribution in [-0.4, -0.2) is 52.7 Å². The molecule has 2 aliphatic rings. The molecular formula is C28H40ClN3O3. The van der Waals surface area contributed by atoms with Crippen LogP contribution in [0.5, 0.6) is 11.5 Å². The van der Waals surface area contributed by atoms with E-state index in [-0.39, 0.29) is 41.6 Å². The van der Waals surface area contributed by atoms with E-state index < -0.39 is 0 Å². The van der Waals surface area contributed by atoms with E-state index in [1.807, 2.05) is 18.2 Å². The molecule has 7 heteroatoms. The summed E-state index contributed by atoms with van der Waals surface area (Å²) in [4.78, 5) is 15.6. The number of benzene rings is 2. The molecule has 0 aliphatic carbocycles. The third-order valence-corrected chi connectivity index (χ3v) is 8.13. The average molecular weight is 502 g/mol. The van der Waals surface area contributed by atoms with Gasteiger partial charge in [-0.2, -0.15) is 0 Å². The fraction of sp³-hybridized carbons (Fsp3) is 0.536. The molecule has 1 fully saturated rings. The molecule has 2 aromatic carbocycles. The molecule has 3 unspecified atom stereocenters. The van der Waals surface area contributed by atoms with E-state index in [0.717, 1.165) is 37.2 Å². The predicted octanol–water partition coefficient (Wildman–Crippen LogP) is 3.97. The molecule has 4 N–H and O–H groups in total. The van der Waals surface area contributed by atoms with Crippen LogP contribution in [0.2, 0.25) is 0 Å². The maximum absolute atomic E-state index is 13.2. The number of fused-ring (bicyclic) bond motifs is 1. The summed E-state index contributed by atoms with van der Waals surface area (Å²) in [6, 6.07) is 12.9. The average Bonchev–Trinajstić information content (AvgIpc) is 2.80. The molecule has 2 heterocycles. The molecular weight excluding hydrogens is 462 g/mol. The second-order valence-electron chi connectivity index (χ2n) is 10.8. The summed E-state index contributed by atoms with van der Waals surface area (Å²) in [5.74, 6) is 1.39. The first-order valence-corrected chi connectivity index (χ1v) is 12.5. The molecule has 192 valence electrons. The normalized spacial score (nSPS) is 25.4. The largest absolute Gasteiger partial charge is 0.508 e. The SMILES string of the molecule is CC(C)C(CN1CC[C@@](C)(c2cccc(O)c2)C(C)C1)NC(=O)C1Cc2ccc(O)cc2CN1.Cl. The highest BCUT2D eigenvalue weighted by atomic mass is 35.5. The number of hydrogen-bond donors (Lipinski definition) is 4. The first-order valence-electron chi connectivity index (χ1n) is 12.5. The van der Waals surface area contributed by atoms with E-state index in [1.54, 1.807) is 18.2 Å². The van der Waals surface area contributed by atoms with E-state index in [9.17, 15) is 15.0 Å². The second-order valence-corrected chi connectivity index (χ2v) is 10.8. The molecule has 35 heavy (non-hydrogen) atoms. The Hall–Kier alpha value is -2.28. The van der Waals surface area contributed by atoms with Crippen LogP contribution in [0, 0.1) is 11.8 Å². The van der Waals surface area contributed by atoms with E-state index in [2.05, 4.69) is 49.3 Å². The number of phenolic OH excluding ortho intramolecular Hbond substituents is 2. The number of piperidine rings is 1. The Morgan fingerprint density at radius 1 is 1.17 bits per heavy atom. The van der Waals surface area contributed by atoms with Gasteiger partial charge in [0, 0.05) is 25.7 Å². The van der Waals surface area contributed by atoms with Gasteiger partial charge >= 0.3 is 0 Å². The Bertz CT molecular complexity index is 1030. The number of amides is 1. The van der Waals surface area contributed by atoms with Crippen molar-refractivity contribution in [2.24, 2.45) is 11.8 Å². The number of hydrogen-bond acceptors (Lipinski definition) is 5. The van der Waals surface area contributed by atoms with Gasteiger partial charge < -0.3 is 25.7 Å². The quantitative estimate of drug-likeness (QED) is 0.481. The molecule has 6 nitrogen and oxygen atoms in total. The number of carbonyl (C=O) groups is 1. The lowest BCUT2D eigenvalue weighted by atomic mass is 9.68. The van der Waals surface area contributed by atoms with Crippen molar-refractivity contribution < 1.29 is 15.0 Å². The van der Waals surface area contributed by atoms with Crippen LogP contribution in [0.4, 0.5) is 0 Å². The van der Waals surface area contributed by atoms with Gasteiger partial charge in [-0.05, 0) is 77.6 Å². The Balaban J connectivity index is 0.00000342. The van der Waals surface area contributed by atoms with E-state index in [4.69, 9.17) is 0 Å². The van der Waals surface area contributed by atoms with Crippen LogP contribution < -0.4 is 10.6 Å². The maximum atomic E-state index is 13.2. The summed E-state index contributed by atoms with van der Waals surface area (Å²) in [7, 11) is 0. The fourth-order valence-electron chi connectivity index (χ4n) is 5.44. The molecule has 4 rings (SSSR count). The van der Waals surface area contributed by atoms with Gasteiger partial charge in [-0.25, -0.2) is 0 Å². The van der Waals surface area contributed by atoms with Gasteiger partial charge in [0.05, 0.1) is 6.04 Å². The molecule has 0 aromatic heterocycles. The summed E-state index contributed by atoms with van der Waals surface area (Å²) in [5.41, 5.74) is 3.40. The van der Waals surface area contributed by atoms with Gasteiger partial charge in [-0.15, -0.1) is 12.4 Å². The molecule has 4 atom stereocenters. The Morgan fingerprint density at radius 2 is 1.91 bits per heavy atom. The lowest BCUT2D eigenvalue weighted by Gasteiger charge is -2.46. The van der Waals surface area contributed by atoms with Crippen molar-refractivity contribution in [1.82, 2.24) is 15.5 Å². The number of halogens is 1. The summed E-state index contributed by atoms with van der Waals surface area (Å²) >= 11 is 0. The van der Waals surface area contributed by atoms with Crippen LogP contribution >= 0.6 is 12.4 Å². The lowest BCUT2D eigenvalue weighted by molar-refractivity contribution is -0.124. The van der Waals surface area contributed by atoms with Gasteiger partial charge in [-0.3, -0.25) is 4.79 Å². The van der Waals surface area contributed by atoms with Crippen LogP contribution in [0.15, 0.2) is 42.5 Å². The highest BCUT2D eigenvalue weighted by Crippen LogP contribution is 2.40. The van der Waals surface area contributed by atoms with Crippen molar-refractivity contribution in [3.8, 4) is 11.5 Å². The molecule has 0 bridgehead atoms. The summed E-state index contributed by atoms with van der Waals surface area (Å²) < 4.78 is 0. The molecule has 0 saturated carbocycles. The Kier molecular flexibility index (Phi) is 8.73. The van der Waals surface area contributed by atoms with Crippen molar-refractivity contribution in [3.05, 3.63) is 59.2 Å². The second kappa shape index (κ2) is 11.2. The van der Waals surface area contributed by atoms with Crippen molar-refractivity contribution >= 4 is 18.3 Å². The number of likely N-dealkylation sites (tertiary alicyclic amines) is 1. The van der Waals surface area contributed by atoms with E-state index in [1.165, 1.54) is 5.56 Å². The number of nitrogens with zero attached hydrogens (tertiary/aromatic N) is 1. The zero-order chi connectivity index (χ0) is 24.5. The zero-order valence-electron chi connectivity index (χ0n) is 21.3. The third kappa shape index (κ3) is 6.11. The van der Waals surface area contributed by atoms with Crippen LogP contribution in [0.1, 0.15) is 50.8 Å². The summed E-state index contributed by atoms with van der Waals surface area (Å²) in [5, 5.41) is 26.3. The Morgan fingerprint density at radius 3 is 2.60 bits per heavy atom. The van der Waals surface area contributed by atoms with Crippen molar-refractivity contribution in [2.75, 3.05) is 19.6 Å². The maximum Gasteiger partial charge on any atom is 0.237 e. The number of nitrogens with one attached hydrogen (secondary N) is 2. The topological polar surface area (TPSA) is 84.8 Å². The molecule has 2 aromatic rings. The van der Waals surface area contributed by atoms with Gasteiger partial charge in [0.25, 0.3) is 0 Å². The van der Waals surface area contributed by atoms with Gasteiger partial charge in [0.2, 0.25) is 5.91 Å². The number of aromatic hydroxyl groups is 2. The van der Waals surface area contributed by atoms with Gasteiger partial charge in [0.15, 0.2) is 0 Å². The van der Waals surface area contributed by atoms with Crippen LogP contribution in [0.25, 0.3) is 0 Å². The molecule has 2 aliphatic heterocycles. The number of carbonyl (C=O) groups excluding carboxylic acids is 1. The summed E-state index contributed by atoms with van der Waals surface area (Å²) in [6.07, 6.45) is 1.65. The zero-order valence-corrected chi connectivity index (χ0v) is 22.1. The molecule has 1 amide bonds.